The molecule has 3 fully saturated rings. The molecule has 0 unspecified atom stereocenters. The fourth-order valence-electron chi connectivity index (χ4n) is 3.76. The maximum absolute atomic E-state index is 12.7. The van der Waals surface area contributed by atoms with Crippen LogP contribution in [-0.4, -0.2) is 29.1 Å². The van der Waals surface area contributed by atoms with Gasteiger partial charge in [0.15, 0.2) is 0 Å². The summed E-state index contributed by atoms with van der Waals surface area (Å²) in [5, 5.41) is 2.24. The van der Waals surface area contributed by atoms with Gasteiger partial charge in [-0.25, -0.2) is 0 Å². The molecule has 4 heteroatoms. The van der Waals surface area contributed by atoms with Gasteiger partial charge in [0.2, 0.25) is 0 Å². The Morgan fingerprint density at radius 3 is 2.60 bits per heavy atom. The summed E-state index contributed by atoms with van der Waals surface area (Å²) in [6.45, 7) is 3.39. The largest absolute Gasteiger partial charge is 0.310 e. The summed E-state index contributed by atoms with van der Waals surface area (Å²) in [6, 6.07) is 7.88. The average molecular weight is 289 g/mol. The highest BCUT2D eigenvalue weighted by Gasteiger charge is 2.35. The van der Waals surface area contributed by atoms with Crippen LogP contribution in [0.25, 0.3) is 10.8 Å². The second-order valence-corrected chi connectivity index (χ2v) is 6.34. The SMILES string of the molecule is O=c1c2cccc(Cl)c2ccn1[C@@H]1CN2CCC1CC2. The molecule has 2 aromatic rings. The maximum Gasteiger partial charge on any atom is 0.258 e. The van der Waals surface area contributed by atoms with Crippen molar-refractivity contribution in [1.29, 1.82) is 0 Å². The average Bonchev–Trinajstić information content (AvgIpc) is 2.50. The van der Waals surface area contributed by atoms with Crippen molar-refractivity contribution >= 4 is 22.4 Å². The van der Waals surface area contributed by atoms with Crippen molar-refractivity contribution < 1.29 is 0 Å². The summed E-state index contributed by atoms with van der Waals surface area (Å²) >= 11 is 6.17. The molecule has 3 nitrogen and oxygen atoms in total. The Bertz CT molecular complexity index is 716. The minimum absolute atomic E-state index is 0.101. The van der Waals surface area contributed by atoms with Gasteiger partial charge in [0, 0.05) is 28.5 Å². The molecular formula is C16H17ClN2O. The Hall–Kier alpha value is -1.32. The van der Waals surface area contributed by atoms with Gasteiger partial charge in [0.25, 0.3) is 5.56 Å². The van der Waals surface area contributed by atoms with Crippen LogP contribution < -0.4 is 5.56 Å². The summed E-state index contributed by atoms with van der Waals surface area (Å²) in [4.78, 5) is 15.2. The van der Waals surface area contributed by atoms with Crippen LogP contribution in [0, 0.1) is 5.92 Å². The van der Waals surface area contributed by atoms with Gasteiger partial charge in [0.05, 0.1) is 6.04 Å². The Morgan fingerprint density at radius 2 is 1.90 bits per heavy atom. The summed E-state index contributed by atoms with van der Waals surface area (Å²) in [5.74, 6) is 0.648. The molecule has 5 rings (SSSR count). The van der Waals surface area contributed by atoms with Crippen molar-refractivity contribution in [3.05, 3.63) is 45.8 Å². The molecule has 0 spiro atoms. The first kappa shape index (κ1) is 12.4. The predicted molar refractivity (Wildman–Crippen MR) is 81.4 cm³/mol. The molecule has 1 aromatic carbocycles. The third-order valence-electron chi connectivity index (χ3n) is 4.90. The molecule has 3 aliphatic rings. The van der Waals surface area contributed by atoms with E-state index < -0.39 is 0 Å². The molecule has 1 aromatic heterocycles. The van der Waals surface area contributed by atoms with Gasteiger partial charge < -0.3 is 9.47 Å². The number of pyridine rings is 1. The van der Waals surface area contributed by atoms with E-state index in [1.807, 2.05) is 35.0 Å². The van der Waals surface area contributed by atoms with E-state index in [0.717, 1.165) is 17.3 Å². The van der Waals surface area contributed by atoms with Crippen LogP contribution in [0.3, 0.4) is 0 Å². The zero-order chi connectivity index (χ0) is 13.7. The minimum Gasteiger partial charge on any atom is -0.310 e. The molecule has 0 aliphatic carbocycles. The molecule has 4 heterocycles. The lowest BCUT2D eigenvalue weighted by Gasteiger charge is -2.45. The molecule has 3 saturated heterocycles. The van der Waals surface area contributed by atoms with Gasteiger partial charge in [-0.3, -0.25) is 4.79 Å². The normalized spacial score (nSPS) is 28.9. The molecule has 20 heavy (non-hydrogen) atoms. The van der Waals surface area contributed by atoms with Crippen LogP contribution in [-0.2, 0) is 0 Å². The van der Waals surface area contributed by atoms with Crippen LogP contribution in [0.1, 0.15) is 18.9 Å². The number of hydrogen-bond donors (Lipinski definition) is 0. The van der Waals surface area contributed by atoms with E-state index in [4.69, 9.17) is 11.6 Å². The van der Waals surface area contributed by atoms with E-state index in [0.29, 0.717) is 17.0 Å². The zero-order valence-corrected chi connectivity index (χ0v) is 12.0. The highest BCUT2D eigenvalue weighted by molar-refractivity contribution is 6.35. The topological polar surface area (TPSA) is 25.2 Å². The summed E-state index contributed by atoms with van der Waals surface area (Å²) in [7, 11) is 0. The van der Waals surface area contributed by atoms with Crippen LogP contribution in [0.5, 0.6) is 0 Å². The Kier molecular flexibility index (Phi) is 2.86. The second kappa shape index (κ2) is 4.61. The number of nitrogens with zero attached hydrogens (tertiary/aromatic N) is 2. The molecule has 3 aliphatic heterocycles. The van der Waals surface area contributed by atoms with E-state index in [1.54, 1.807) is 0 Å². The van der Waals surface area contributed by atoms with E-state index in [2.05, 4.69) is 4.90 Å². The lowest BCUT2D eigenvalue weighted by Crippen LogP contribution is -2.49. The fourth-order valence-corrected chi connectivity index (χ4v) is 4.00. The van der Waals surface area contributed by atoms with Crippen LogP contribution in [0.4, 0.5) is 0 Å². The van der Waals surface area contributed by atoms with Crippen LogP contribution >= 0.6 is 11.6 Å². The van der Waals surface area contributed by atoms with Crippen molar-refractivity contribution in [3.63, 3.8) is 0 Å². The Morgan fingerprint density at radius 1 is 1.10 bits per heavy atom. The van der Waals surface area contributed by atoms with Gasteiger partial charge in [0.1, 0.15) is 0 Å². The van der Waals surface area contributed by atoms with E-state index in [-0.39, 0.29) is 5.56 Å². The van der Waals surface area contributed by atoms with Crippen LogP contribution in [0.2, 0.25) is 5.02 Å². The van der Waals surface area contributed by atoms with Gasteiger partial charge in [-0.15, -0.1) is 0 Å². The molecule has 104 valence electrons. The van der Waals surface area contributed by atoms with E-state index in [9.17, 15) is 4.79 Å². The quantitative estimate of drug-likeness (QED) is 0.806. The molecular weight excluding hydrogens is 272 g/mol. The van der Waals surface area contributed by atoms with Crippen molar-refractivity contribution in [2.75, 3.05) is 19.6 Å². The number of aromatic nitrogens is 1. The summed E-state index contributed by atoms with van der Waals surface area (Å²) in [6.07, 6.45) is 4.36. The lowest BCUT2D eigenvalue weighted by atomic mass is 9.84. The number of fused-ring (bicyclic) bond motifs is 4. The number of halogens is 1. The molecule has 0 amide bonds. The first-order valence-electron chi connectivity index (χ1n) is 7.26. The van der Waals surface area contributed by atoms with Gasteiger partial charge in [-0.2, -0.15) is 0 Å². The van der Waals surface area contributed by atoms with Crippen LogP contribution in [0.15, 0.2) is 35.3 Å². The highest BCUT2D eigenvalue weighted by Crippen LogP contribution is 2.35. The zero-order valence-electron chi connectivity index (χ0n) is 11.3. The Labute approximate surface area is 122 Å². The van der Waals surface area contributed by atoms with Gasteiger partial charge in [-0.1, -0.05) is 17.7 Å². The minimum atomic E-state index is 0.101. The second-order valence-electron chi connectivity index (χ2n) is 5.93. The molecule has 0 saturated carbocycles. The predicted octanol–water partition coefficient (Wildman–Crippen LogP) is 2.92. The van der Waals surface area contributed by atoms with Crippen molar-refractivity contribution in [3.8, 4) is 0 Å². The van der Waals surface area contributed by atoms with Gasteiger partial charge in [-0.05, 0) is 50.0 Å². The number of rotatable bonds is 1. The monoisotopic (exact) mass is 288 g/mol. The number of hydrogen-bond acceptors (Lipinski definition) is 2. The van der Waals surface area contributed by atoms with Crippen molar-refractivity contribution in [2.45, 2.75) is 18.9 Å². The smallest absolute Gasteiger partial charge is 0.258 e. The number of piperidine rings is 3. The molecule has 0 radical (unpaired) electrons. The fraction of sp³-hybridized carbons (Fsp3) is 0.438. The van der Waals surface area contributed by atoms with Crippen molar-refractivity contribution in [1.82, 2.24) is 9.47 Å². The molecule has 1 atom stereocenters. The standard InChI is InChI=1S/C16H17ClN2O/c17-14-3-1-2-13-12(14)6-9-19(16(13)20)15-10-18-7-4-11(15)5-8-18/h1-3,6,9,11,15H,4-5,7-8,10H2/t15-/m1/s1. The third kappa shape index (κ3) is 1.80. The summed E-state index contributed by atoms with van der Waals surface area (Å²) < 4.78 is 1.94. The van der Waals surface area contributed by atoms with E-state index >= 15 is 0 Å². The first-order valence-corrected chi connectivity index (χ1v) is 7.63. The van der Waals surface area contributed by atoms with Gasteiger partial charge >= 0.3 is 0 Å². The third-order valence-corrected chi connectivity index (χ3v) is 5.23. The number of benzene rings is 1. The Balaban J connectivity index is 1.85. The first-order chi connectivity index (χ1) is 9.74. The molecule has 0 N–H and O–H groups in total. The lowest BCUT2D eigenvalue weighted by molar-refractivity contribution is 0.0556. The summed E-state index contributed by atoms with van der Waals surface area (Å²) in [5.41, 5.74) is 0.101. The molecule has 2 bridgehead atoms. The maximum atomic E-state index is 12.7. The van der Waals surface area contributed by atoms with Crippen molar-refractivity contribution in [2.24, 2.45) is 5.92 Å². The van der Waals surface area contributed by atoms with E-state index in [1.165, 1.54) is 25.9 Å². The highest BCUT2D eigenvalue weighted by atomic mass is 35.5.